The van der Waals surface area contributed by atoms with E-state index in [1.165, 1.54) is 30.6 Å². The standard InChI is InChI=1S/C19H21ClFN3O3S/c1-27-19(26)15-4-9-28-18(15)22-17(25)12-24-7-5-23(6-8-24)11-13-2-3-14(21)10-16(13)20/h2-4,9-10H,5-8,11-12H2,1H3,(H,22,25). The van der Waals surface area contributed by atoms with Crippen molar-refractivity contribution < 1.29 is 18.7 Å². The van der Waals surface area contributed by atoms with Gasteiger partial charge < -0.3 is 10.1 Å². The van der Waals surface area contributed by atoms with Gasteiger partial charge in [-0.2, -0.15) is 0 Å². The molecule has 150 valence electrons. The molecule has 28 heavy (non-hydrogen) atoms. The average Bonchev–Trinajstić information content (AvgIpc) is 3.13. The van der Waals surface area contributed by atoms with Crippen LogP contribution in [0.2, 0.25) is 5.02 Å². The number of thiophene rings is 1. The van der Waals surface area contributed by atoms with E-state index in [1.54, 1.807) is 17.5 Å². The number of carbonyl (C=O) groups is 2. The van der Waals surface area contributed by atoms with Crippen molar-refractivity contribution in [1.82, 2.24) is 9.80 Å². The Hall–Kier alpha value is -2.00. The quantitative estimate of drug-likeness (QED) is 0.721. The van der Waals surface area contributed by atoms with Gasteiger partial charge in [0.15, 0.2) is 0 Å². The summed E-state index contributed by atoms with van der Waals surface area (Å²) in [6.07, 6.45) is 0. The average molecular weight is 426 g/mol. The maximum Gasteiger partial charge on any atom is 0.340 e. The number of benzene rings is 1. The van der Waals surface area contributed by atoms with Gasteiger partial charge in [-0.05, 0) is 29.1 Å². The van der Waals surface area contributed by atoms with Gasteiger partial charge in [0, 0.05) is 37.7 Å². The van der Waals surface area contributed by atoms with Crippen LogP contribution in [-0.4, -0.2) is 61.5 Å². The molecule has 1 aromatic carbocycles. The molecule has 6 nitrogen and oxygen atoms in total. The van der Waals surface area contributed by atoms with Gasteiger partial charge in [0.05, 0.1) is 19.2 Å². The van der Waals surface area contributed by atoms with Crippen LogP contribution >= 0.6 is 22.9 Å². The SMILES string of the molecule is COC(=O)c1ccsc1NC(=O)CN1CCN(Cc2ccc(F)cc2Cl)CC1. The molecule has 1 N–H and O–H groups in total. The summed E-state index contributed by atoms with van der Waals surface area (Å²) < 4.78 is 17.9. The van der Waals surface area contributed by atoms with Crippen LogP contribution in [0.25, 0.3) is 0 Å². The number of hydrogen-bond acceptors (Lipinski definition) is 6. The lowest BCUT2D eigenvalue weighted by Gasteiger charge is -2.34. The molecule has 2 heterocycles. The van der Waals surface area contributed by atoms with Crippen molar-refractivity contribution in [2.75, 3.05) is 45.2 Å². The molecule has 1 aliphatic heterocycles. The molecule has 1 amide bonds. The Morgan fingerprint density at radius 3 is 2.61 bits per heavy atom. The molecule has 3 rings (SSSR count). The first-order valence-corrected chi connectivity index (χ1v) is 10.1. The lowest BCUT2D eigenvalue weighted by atomic mass is 10.2. The summed E-state index contributed by atoms with van der Waals surface area (Å²) in [6, 6.07) is 6.07. The van der Waals surface area contributed by atoms with Crippen LogP contribution in [0, 0.1) is 5.82 Å². The van der Waals surface area contributed by atoms with Crippen LogP contribution < -0.4 is 5.32 Å². The molecular formula is C19H21ClFN3O3S. The minimum Gasteiger partial charge on any atom is -0.465 e. The summed E-state index contributed by atoms with van der Waals surface area (Å²) in [5.41, 5.74) is 1.25. The zero-order valence-corrected chi connectivity index (χ0v) is 17.0. The third kappa shape index (κ3) is 5.29. The number of nitrogens with one attached hydrogen (secondary N) is 1. The van der Waals surface area contributed by atoms with Crippen LogP contribution in [-0.2, 0) is 16.1 Å². The number of esters is 1. The van der Waals surface area contributed by atoms with Crippen LogP contribution in [0.4, 0.5) is 9.39 Å². The number of amides is 1. The second kappa shape index (κ2) is 9.47. The van der Waals surface area contributed by atoms with E-state index in [0.717, 1.165) is 31.7 Å². The molecule has 0 unspecified atom stereocenters. The Labute approximate surface area is 171 Å². The van der Waals surface area contributed by atoms with Crippen LogP contribution in [0.15, 0.2) is 29.6 Å². The fourth-order valence-electron chi connectivity index (χ4n) is 3.04. The Morgan fingerprint density at radius 1 is 1.21 bits per heavy atom. The summed E-state index contributed by atoms with van der Waals surface area (Å²) in [6.45, 7) is 3.95. The minimum atomic E-state index is -0.468. The van der Waals surface area contributed by atoms with Gasteiger partial charge >= 0.3 is 5.97 Å². The number of carbonyl (C=O) groups excluding carboxylic acids is 2. The zero-order chi connectivity index (χ0) is 20.1. The van der Waals surface area contributed by atoms with E-state index in [4.69, 9.17) is 16.3 Å². The van der Waals surface area contributed by atoms with Crippen molar-refractivity contribution in [3.05, 3.63) is 51.6 Å². The molecule has 0 atom stereocenters. The number of piperazine rings is 1. The van der Waals surface area contributed by atoms with Gasteiger partial charge in [0.2, 0.25) is 5.91 Å². The smallest absolute Gasteiger partial charge is 0.340 e. The zero-order valence-electron chi connectivity index (χ0n) is 15.4. The van der Waals surface area contributed by atoms with E-state index >= 15 is 0 Å². The summed E-state index contributed by atoms with van der Waals surface area (Å²) in [5.74, 6) is -0.974. The van der Waals surface area contributed by atoms with E-state index in [2.05, 4.69) is 15.1 Å². The van der Waals surface area contributed by atoms with E-state index in [9.17, 15) is 14.0 Å². The lowest BCUT2D eigenvalue weighted by molar-refractivity contribution is -0.117. The Bertz CT molecular complexity index is 853. The summed E-state index contributed by atoms with van der Waals surface area (Å²) in [4.78, 5) is 28.3. The van der Waals surface area contributed by atoms with Crippen molar-refractivity contribution in [2.45, 2.75) is 6.54 Å². The number of halogens is 2. The summed E-state index contributed by atoms with van der Waals surface area (Å²) in [5, 5.41) is 5.46. The first kappa shape index (κ1) is 20.7. The van der Waals surface area contributed by atoms with E-state index in [1.807, 2.05) is 0 Å². The van der Waals surface area contributed by atoms with E-state index in [0.29, 0.717) is 22.1 Å². The number of nitrogens with zero attached hydrogens (tertiary/aromatic N) is 2. The Morgan fingerprint density at radius 2 is 1.93 bits per heavy atom. The molecule has 0 aliphatic carbocycles. The highest BCUT2D eigenvalue weighted by Gasteiger charge is 2.21. The van der Waals surface area contributed by atoms with Gasteiger partial charge in [-0.3, -0.25) is 14.6 Å². The van der Waals surface area contributed by atoms with Gasteiger partial charge in [-0.1, -0.05) is 17.7 Å². The highest BCUT2D eigenvalue weighted by molar-refractivity contribution is 7.14. The van der Waals surface area contributed by atoms with Gasteiger partial charge in [-0.25, -0.2) is 9.18 Å². The minimum absolute atomic E-state index is 0.164. The normalized spacial score (nSPS) is 15.4. The van der Waals surface area contributed by atoms with Crippen molar-refractivity contribution >= 4 is 39.8 Å². The lowest BCUT2D eigenvalue weighted by Crippen LogP contribution is -2.48. The molecule has 0 radical (unpaired) electrons. The largest absolute Gasteiger partial charge is 0.465 e. The number of methoxy groups -OCH3 is 1. The Kier molecular flexibility index (Phi) is 7.01. The first-order valence-electron chi connectivity index (χ1n) is 8.80. The fourth-order valence-corrected chi connectivity index (χ4v) is 4.06. The first-order chi connectivity index (χ1) is 13.5. The topological polar surface area (TPSA) is 61.9 Å². The van der Waals surface area contributed by atoms with Crippen LogP contribution in [0.5, 0.6) is 0 Å². The fraction of sp³-hybridized carbons (Fsp3) is 0.368. The monoisotopic (exact) mass is 425 g/mol. The summed E-state index contributed by atoms with van der Waals surface area (Å²) >= 11 is 7.39. The Balaban J connectivity index is 1.47. The molecule has 1 aromatic heterocycles. The maximum absolute atomic E-state index is 13.2. The predicted molar refractivity (Wildman–Crippen MR) is 107 cm³/mol. The molecule has 1 aliphatic rings. The molecular weight excluding hydrogens is 405 g/mol. The molecule has 1 fully saturated rings. The molecule has 0 bridgehead atoms. The van der Waals surface area contributed by atoms with E-state index < -0.39 is 5.97 Å². The third-order valence-corrected chi connectivity index (χ3v) is 5.75. The number of hydrogen-bond donors (Lipinski definition) is 1. The van der Waals surface area contributed by atoms with Gasteiger partial charge in [0.1, 0.15) is 10.8 Å². The molecule has 0 spiro atoms. The molecule has 1 saturated heterocycles. The van der Waals surface area contributed by atoms with Crippen molar-refractivity contribution in [3.63, 3.8) is 0 Å². The van der Waals surface area contributed by atoms with Gasteiger partial charge in [0.25, 0.3) is 0 Å². The number of rotatable bonds is 6. The second-order valence-corrected chi connectivity index (χ2v) is 7.81. The molecule has 0 saturated carbocycles. The van der Waals surface area contributed by atoms with Gasteiger partial charge in [-0.15, -0.1) is 11.3 Å². The molecule has 9 heteroatoms. The highest BCUT2D eigenvalue weighted by Crippen LogP contribution is 2.24. The van der Waals surface area contributed by atoms with Crippen molar-refractivity contribution in [2.24, 2.45) is 0 Å². The van der Waals surface area contributed by atoms with Crippen molar-refractivity contribution in [3.8, 4) is 0 Å². The highest BCUT2D eigenvalue weighted by atomic mass is 35.5. The molecule has 2 aromatic rings. The maximum atomic E-state index is 13.2. The number of ether oxygens (including phenoxy) is 1. The third-order valence-electron chi connectivity index (χ3n) is 4.56. The van der Waals surface area contributed by atoms with Crippen LogP contribution in [0.3, 0.4) is 0 Å². The second-order valence-electron chi connectivity index (χ2n) is 6.49. The number of anilines is 1. The van der Waals surface area contributed by atoms with Crippen molar-refractivity contribution in [1.29, 1.82) is 0 Å². The van der Waals surface area contributed by atoms with Crippen LogP contribution in [0.1, 0.15) is 15.9 Å². The van der Waals surface area contributed by atoms with E-state index in [-0.39, 0.29) is 18.3 Å². The predicted octanol–water partition coefficient (Wildman–Crippen LogP) is 3.08. The summed E-state index contributed by atoms with van der Waals surface area (Å²) in [7, 11) is 1.31.